The van der Waals surface area contributed by atoms with Crippen molar-refractivity contribution >= 4 is 17.6 Å². The standard InChI is InChI=1S/C14H11N3/c1-2-11-10-4-6-15-7-5-13(10)17-9-8-16-12(3-1)14(11)17/h1-10,16H. The van der Waals surface area contributed by atoms with Crippen molar-refractivity contribution in [2.75, 3.05) is 10.2 Å². The molecule has 0 saturated carbocycles. The fraction of sp³-hybridized carbons (Fsp3) is 0.0714. The summed E-state index contributed by atoms with van der Waals surface area (Å²) in [6, 6.07) is 6.40. The van der Waals surface area contributed by atoms with Gasteiger partial charge in [0.25, 0.3) is 0 Å². The van der Waals surface area contributed by atoms with Gasteiger partial charge in [-0.25, -0.2) is 0 Å². The predicted molar refractivity (Wildman–Crippen MR) is 70.1 cm³/mol. The number of rotatable bonds is 0. The highest BCUT2D eigenvalue weighted by Crippen LogP contribution is 2.49. The van der Waals surface area contributed by atoms with Gasteiger partial charge in [-0.05, 0) is 17.7 Å². The SMILES string of the molecule is C1=CC2C(=CC=N1)N1C=CNc3cccc2c31. The Morgan fingerprint density at radius 1 is 1.29 bits per heavy atom. The number of anilines is 2. The second kappa shape index (κ2) is 3.10. The summed E-state index contributed by atoms with van der Waals surface area (Å²) in [6.45, 7) is 0. The molecule has 1 N–H and O–H groups in total. The van der Waals surface area contributed by atoms with Crippen molar-refractivity contribution in [3.8, 4) is 0 Å². The van der Waals surface area contributed by atoms with E-state index in [0.717, 1.165) is 0 Å². The van der Waals surface area contributed by atoms with Crippen molar-refractivity contribution < 1.29 is 0 Å². The van der Waals surface area contributed by atoms with E-state index < -0.39 is 0 Å². The molecule has 0 aromatic heterocycles. The molecule has 3 nitrogen and oxygen atoms in total. The van der Waals surface area contributed by atoms with Gasteiger partial charge in [0, 0.05) is 36.4 Å². The fourth-order valence-corrected chi connectivity index (χ4v) is 2.69. The van der Waals surface area contributed by atoms with E-state index in [4.69, 9.17) is 0 Å². The Hall–Kier alpha value is -2.29. The molecule has 0 spiro atoms. The molecule has 1 unspecified atom stereocenters. The zero-order valence-corrected chi connectivity index (χ0v) is 9.17. The van der Waals surface area contributed by atoms with Crippen LogP contribution >= 0.6 is 0 Å². The Morgan fingerprint density at radius 3 is 3.29 bits per heavy atom. The average Bonchev–Trinajstić information content (AvgIpc) is 2.55. The van der Waals surface area contributed by atoms with Crippen LogP contribution < -0.4 is 10.2 Å². The Bertz CT molecular complexity index is 608. The molecule has 0 bridgehead atoms. The molecular weight excluding hydrogens is 210 g/mol. The first-order chi connectivity index (χ1) is 8.45. The van der Waals surface area contributed by atoms with Gasteiger partial charge in [-0.3, -0.25) is 4.99 Å². The molecule has 0 saturated heterocycles. The molecule has 1 aromatic carbocycles. The summed E-state index contributed by atoms with van der Waals surface area (Å²) in [5.74, 6) is 0.317. The molecule has 0 amide bonds. The van der Waals surface area contributed by atoms with Crippen molar-refractivity contribution in [3.05, 3.63) is 60.2 Å². The monoisotopic (exact) mass is 221 g/mol. The van der Waals surface area contributed by atoms with Gasteiger partial charge in [0.2, 0.25) is 0 Å². The number of aliphatic imine (C=N–C) groups is 1. The van der Waals surface area contributed by atoms with E-state index in [9.17, 15) is 0 Å². The molecule has 4 rings (SSSR count). The first-order valence-corrected chi connectivity index (χ1v) is 5.70. The summed E-state index contributed by atoms with van der Waals surface area (Å²) in [7, 11) is 0. The zero-order valence-electron chi connectivity index (χ0n) is 9.17. The molecule has 82 valence electrons. The van der Waals surface area contributed by atoms with Crippen LogP contribution in [0.1, 0.15) is 11.5 Å². The Labute approximate surface area is 99.5 Å². The quantitative estimate of drug-likeness (QED) is 0.729. The minimum absolute atomic E-state index is 0.317. The number of para-hydroxylation sites is 1. The van der Waals surface area contributed by atoms with Crippen LogP contribution in [0.3, 0.4) is 0 Å². The van der Waals surface area contributed by atoms with Crippen molar-refractivity contribution in [3.63, 3.8) is 0 Å². The number of nitrogens with one attached hydrogen (secondary N) is 1. The third-order valence-electron chi connectivity index (χ3n) is 3.40. The lowest BCUT2D eigenvalue weighted by atomic mass is 9.98. The molecule has 17 heavy (non-hydrogen) atoms. The van der Waals surface area contributed by atoms with E-state index in [-0.39, 0.29) is 0 Å². The molecule has 3 aliphatic heterocycles. The largest absolute Gasteiger partial charge is 0.359 e. The van der Waals surface area contributed by atoms with Crippen LogP contribution in [0.4, 0.5) is 11.4 Å². The summed E-state index contributed by atoms with van der Waals surface area (Å²) in [4.78, 5) is 6.43. The summed E-state index contributed by atoms with van der Waals surface area (Å²) < 4.78 is 0. The topological polar surface area (TPSA) is 27.6 Å². The highest BCUT2D eigenvalue weighted by Gasteiger charge is 2.34. The number of hydrogen-bond donors (Lipinski definition) is 1. The van der Waals surface area contributed by atoms with Crippen LogP contribution in [0.2, 0.25) is 0 Å². The van der Waals surface area contributed by atoms with E-state index in [1.165, 1.54) is 22.6 Å². The molecule has 1 atom stereocenters. The summed E-state index contributed by atoms with van der Waals surface area (Å²) >= 11 is 0. The van der Waals surface area contributed by atoms with Gasteiger partial charge < -0.3 is 10.2 Å². The van der Waals surface area contributed by atoms with Gasteiger partial charge in [-0.2, -0.15) is 0 Å². The molecule has 0 radical (unpaired) electrons. The Morgan fingerprint density at radius 2 is 2.29 bits per heavy atom. The highest BCUT2D eigenvalue weighted by atomic mass is 15.2. The number of fused-ring (bicyclic) bond motifs is 3. The maximum atomic E-state index is 4.19. The first kappa shape index (κ1) is 8.82. The van der Waals surface area contributed by atoms with Gasteiger partial charge in [0.05, 0.1) is 11.4 Å². The van der Waals surface area contributed by atoms with Gasteiger partial charge in [0.15, 0.2) is 0 Å². The highest BCUT2D eigenvalue weighted by molar-refractivity contribution is 5.88. The maximum absolute atomic E-state index is 4.19. The lowest BCUT2D eigenvalue weighted by Gasteiger charge is -2.23. The van der Waals surface area contributed by atoms with E-state index in [1.54, 1.807) is 0 Å². The van der Waals surface area contributed by atoms with Crippen molar-refractivity contribution in [2.24, 2.45) is 4.99 Å². The predicted octanol–water partition coefficient (Wildman–Crippen LogP) is 2.97. The average molecular weight is 221 g/mol. The van der Waals surface area contributed by atoms with Crippen LogP contribution in [0.5, 0.6) is 0 Å². The molecule has 3 heterocycles. The van der Waals surface area contributed by atoms with Crippen molar-refractivity contribution in [1.29, 1.82) is 0 Å². The van der Waals surface area contributed by atoms with E-state index in [2.05, 4.69) is 51.8 Å². The first-order valence-electron chi connectivity index (χ1n) is 5.70. The van der Waals surface area contributed by atoms with Crippen LogP contribution in [0.25, 0.3) is 0 Å². The van der Waals surface area contributed by atoms with Crippen LogP contribution in [0, 0.1) is 0 Å². The number of benzene rings is 1. The van der Waals surface area contributed by atoms with E-state index in [0.29, 0.717) is 5.92 Å². The second-order valence-corrected chi connectivity index (χ2v) is 4.28. The Kier molecular flexibility index (Phi) is 1.61. The minimum Gasteiger partial charge on any atom is -0.359 e. The van der Waals surface area contributed by atoms with Gasteiger partial charge in [-0.1, -0.05) is 18.2 Å². The maximum Gasteiger partial charge on any atom is 0.0731 e. The minimum atomic E-state index is 0.317. The summed E-state index contributed by atoms with van der Waals surface area (Å²) in [5, 5.41) is 3.29. The molecule has 1 aromatic rings. The van der Waals surface area contributed by atoms with Crippen LogP contribution in [-0.4, -0.2) is 6.21 Å². The Balaban J connectivity index is 2.02. The van der Waals surface area contributed by atoms with Gasteiger partial charge in [-0.15, -0.1) is 0 Å². The zero-order chi connectivity index (χ0) is 11.2. The van der Waals surface area contributed by atoms with E-state index >= 15 is 0 Å². The summed E-state index contributed by atoms with van der Waals surface area (Å²) in [6.07, 6.45) is 12.0. The fourth-order valence-electron chi connectivity index (χ4n) is 2.69. The lowest BCUT2D eigenvalue weighted by Crippen LogP contribution is -2.16. The third-order valence-corrected chi connectivity index (χ3v) is 3.40. The lowest BCUT2D eigenvalue weighted by molar-refractivity contribution is 1.02. The van der Waals surface area contributed by atoms with Crippen molar-refractivity contribution in [1.82, 2.24) is 0 Å². The van der Waals surface area contributed by atoms with Gasteiger partial charge >= 0.3 is 0 Å². The molecule has 3 aliphatic rings. The molecule has 0 fully saturated rings. The molecule has 3 heteroatoms. The number of hydrogen-bond acceptors (Lipinski definition) is 3. The number of allylic oxidation sites excluding steroid dienone is 2. The molecular formula is C14H11N3. The van der Waals surface area contributed by atoms with E-state index in [1.807, 2.05) is 18.6 Å². The second-order valence-electron chi connectivity index (χ2n) is 4.28. The van der Waals surface area contributed by atoms with Gasteiger partial charge in [0.1, 0.15) is 0 Å². The van der Waals surface area contributed by atoms with Crippen LogP contribution in [0.15, 0.2) is 59.6 Å². The normalized spacial score (nSPS) is 22.7. The third kappa shape index (κ3) is 1.08. The summed E-state index contributed by atoms with van der Waals surface area (Å²) in [5.41, 5.74) is 5.05. The van der Waals surface area contributed by atoms with Crippen LogP contribution in [-0.2, 0) is 0 Å². The number of nitrogens with zero attached hydrogens (tertiary/aromatic N) is 2. The smallest absolute Gasteiger partial charge is 0.0731 e. The van der Waals surface area contributed by atoms with Crippen molar-refractivity contribution in [2.45, 2.75) is 5.92 Å². The molecule has 0 aliphatic carbocycles.